The molecular weight excluding hydrogens is 785 g/mol. The molecule has 316 valence electrons. The third kappa shape index (κ3) is 9.92. The van der Waals surface area contributed by atoms with Gasteiger partial charge in [0.05, 0.1) is 31.4 Å². The SMILES string of the molecule is COc1ccc2c(O[C@@H]3C[C@H]4C(=O)N[C@]5(C(N)=O)C[C@H]5/C=C\CCCCC[C@H](CC(=O)N5CCC(F)(F)C5)C(=O)N4C3)cc(-c3ccccc3)nc2c1.O=S([O-])C1CC1. The Hall–Kier alpha value is -4.96. The average molecular weight is 835 g/mol. The second-order valence-electron chi connectivity index (χ2n) is 16.2. The number of methoxy groups -OCH3 is 1. The van der Waals surface area contributed by atoms with Crippen molar-refractivity contribution in [2.24, 2.45) is 17.6 Å². The highest BCUT2D eigenvalue weighted by atomic mass is 32.2. The highest BCUT2D eigenvalue weighted by Crippen LogP contribution is 2.45. The van der Waals surface area contributed by atoms with Crippen LogP contribution < -0.4 is 20.5 Å². The zero-order valence-electron chi connectivity index (χ0n) is 33.0. The molecule has 2 aromatic carbocycles. The molecule has 3 aliphatic heterocycles. The zero-order valence-corrected chi connectivity index (χ0v) is 33.8. The summed E-state index contributed by atoms with van der Waals surface area (Å²) in [5, 5.41) is 3.62. The van der Waals surface area contributed by atoms with Crippen molar-refractivity contribution in [3.8, 4) is 22.8 Å². The van der Waals surface area contributed by atoms with Crippen LogP contribution in [-0.2, 0) is 30.3 Å². The minimum absolute atomic E-state index is 0.0185. The number of carbonyl (C=O) groups is 4. The van der Waals surface area contributed by atoms with E-state index in [0.717, 1.165) is 42.6 Å². The van der Waals surface area contributed by atoms with Crippen LogP contribution in [0.2, 0.25) is 0 Å². The molecule has 16 heteroatoms. The van der Waals surface area contributed by atoms with Crippen molar-refractivity contribution >= 4 is 45.6 Å². The number of hydrogen-bond donors (Lipinski definition) is 2. The largest absolute Gasteiger partial charge is 0.772 e. The molecule has 5 aliphatic rings. The number of nitrogens with one attached hydrogen (secondary N) is 1. The molecule has 4 heterocycles. The predicted molar refractivity (Wildman–Crippen MR) is 215 cm³/mol. The van der Waals surface area contributed by atoms with Crippen LogP contribution in [0, 0.1) is 11.8 Å². The smallest absolute Gasteiger partial charge is 0.267 e. The van der Waals surface area contributed by atoms with Crippen LogP contribution in [-0.4, -0.2) is 103 Å². The number of nitrogens with two attached hydrogens (primary N) is 1. The number of benzene rings is 2. The molecule has 4 amide bonds. The van der Waals surface area contributed by atoms with Gasteiger partial charge in [-0.1, -0.05) is 66.4 Å². The summed E-state index contributed by atoms with van der Waals surface area (Å²) in [5.74, 6) is -5.04. The highest BCUT2D eigenvalue weighted by Gasteiger charge is 2.60. The van der Waals surface area contributed by atoms with Crippen LogP contribution in [0.15, 0.2) is 66.7 Å². The number of pyridine rings is 1. The van der Waals surface area contributed by atoms with E-state index >= 15 is 0 Å². The van der Waals surface area contributed by atoms with E-state index in [1.54, 1.807) is 13.2 Å². The summed E-state index contributed by atoms with van der Waals surface area (Å²) in [6.07, 6.45) is 8.20. The molecule has 2 saturated heterocycles. The van der Waals surface area contributed by atoms with E-state index in [9.17, 15) is 36.7 Å². The summed E-state index contributed by atoms with van der Waals surface area (Å²) in [7, 11) is 1.57. The van der Waals surface area contributed by atoms with Gasteiger partial charge >= 0.3 is 0 Å². The summed E-state index contributed by atoms with van der Waals surface area (Å²) in [6, 6.07) is 15.9. The second kappa shape index (κ2) is 17.7. The molecule has 0 bridgehead atoms. The lowest BCUT2D eigenvalue weighted by Gasteiger charge is -2.29. The number of likely N-dealkylation sites (tertiary alicyclic amines) is 1. The summed E-state index contributed by atoms with van der Waals surface area (Å²) < 4.78 is 59.8. The Labute approximate surface area is 344 Å². The number of allylic oxidation sites excluding steroid dienone is 1. The van der Waals surface area contributed by atoms with Gasteiger partial charge in [0.1, 0.15) is 29.2 Å². The Balaban J connectivity index is 0.000000808. The summed E-state index contributed by atoms with van der Waals surface area (Å²) in [6.45, 7) is -0.718. The van der Waals surface area contributed by atoms with E-state index in [0.29, 0.717) is 47.4 Å². The Morgan fingerprint density at radius 1 is 1.07 bits per heavy atom. The highest BCUT2D eigenvalue weighted by molar-refractivity contribution is 7.80. The topological polar surface area (TPSA) is 184 Å². The van der Waals surface area contributed by atoms with Gasteiger partial charge in [0.15, 0.2) is 0 Å². The van der Waals surface area contributed by atoms with E-state index in [4.69, 9.17) is 20.2 Å². The minimum atomic E-state index is -2.96. The van der Waals surface area contributed by atoms with E-state index in [1.165, 1.54) is 4.90 Å². The lowest BCUT2D eigenvalue weighted by atomic mass is 9.94. The normalized spacial score (nSPS) is 27.8. The molecule has 1 unspecified atom stereocenters. The van der Waals surface area contributed by atoms with E-state index in [2.05, 4.69) is 5.32 Å². The number of fused-ring (bicyclic) bond motifs is 3. The molecule has 2 saturated carbocycles. The number of alkyl halides is 2. The number of halogens is 2. The fourth-order valence-corrected chi connectivity index (χ4v) is 8.73. The van der Waals surface area contributed by atoms with Crippen LogP contribution in [0.4, 0.5) is 8.78 Å². The monoisotopic (exact) mass is 834 g/mol. The Bertz CT molecular complexity index is 2120. The molecular formula is C43H50F2N5O8S-. The maximum absolute atomic E-state index is 14.6. The third-order valence-electron chi connectivity index (χ3n) is 11.9. The van der Waals surface area contributed by atoms with Gasteiger partial charge in [0, 0.05) is 66.0 Å². The van der Waals surface area contributed by atoms with Gasteiger partial charge < -0.3 is 34.9 Å². The summed E-state index contributed by atoms with van der Waals surface area (Å²) in [5.41, 5.74) is 6.74. The number of nitrogens with zero attached hydrogens (tertiary/aromatic N) is 3. The quantitative estimate of drug-likeness (QED) is 0.232. The molecule has 3 aromatic rings. The van der Waals surface area contributed by atoms with Crippen molar-refractivity contribution in [3.63, 3.8) is 0 Å². The molecule has 4 fully saturated rings. The fourth-order valence-electron chi connectivity index (χ4n) is 8.21. The van der Waals surface area contributed by atoms with Crippen molar-refractivity contribution in [3.05, 3.63) is 66.7 Å². The van der Waals surface area contributed by atoms with Crippen molar-refractivity contribution in [2.45, 2.75) is 99.5 Å². The number of amides is 4. The van der Waals surface area contributed by atoms with Crippen LogP contribution >= 0.6 is 0 Å². The molecule has 0 radical (unpaired) electrons. The second-order valence-corrected chi connectivity index (χ2v) is 17.4. The van der Waals surface area contributed by atoms with Gasteiger partial charge in [0.25, 0.3) is 5.92 Å². The van der Waals surface area contributed by atoms with Crippen LogP contribution in [0.1, 0.15) is 70.6 Å². The first-order valence-electron chi connectivity index (χ1n) is 20.3. The van der Waals surface area contributed by atoms with Gasteiger partial charge in [-0.2, -0.15) is 0 Å². The summed E-state index contributed by atoms with van der Waals surface area (Å²) in [4.78, 5) is 62.3. The standard InChI is InChI=1S/C40H45F2N5O6.C3H6O2S/c1-52-28-14-15-30-32(19-28)44-31(25-10-7-5-8-11-25)21-34(30)53-29-20-33-36(49)45-40(38(43)51)22-27(40)13-9-4-2-3-6-12-26(37(50)47(33)23-29)18-35(48)46-17-16-39(41,42)24-46;4-6(5)3-1-2-3/h5,7-11,13-15,19,21,26-27,29,33H,2-4,6,12,16-18,20,22-24H2,1H3,(H2,43,51)(H,45,49);3H,1-2H2,(H,4,5)/p-1/b13-9-;/t26-,27-,29-,33+,40-;/m1./s1. The fraction of sp³-hybridized carbons (Fsp3) is 0.512. The van der Waals surface area contributed by atoms with E-state index < -0.39 is 77.2 Å². The molecule has 8 rings (SSSR count). The number of carbonyl (C=O) groups excluding carboxylic acids is 4. The minimum Gasteiger partial charge on any atom is -0.772 e. The first kappa shape index (κ1) is 42.2. The Morgan fingerprint density at radius 2 is 1.85 bits per heavy atom. The van der Waals surface area contributed by atoms with Gasteiger partial charge in [0.2, 0.25) is 23.6 Å². The van der Waals surface area contributed by atoms with Crippen LogP contribution in [0.25, 0.3) is 22.2 Å². The Morgan fingerprint density at radius 3 is 2.51 bits per heavy atom. The number of rotatable bonds is 8. The van der Waals surface area contributed by atoms with Crippen molar-refractivity contribution < 1.29 is 46.2 Å². The number of aromatic nitrogens is 1. The van der Waals surface area contributed by atoms with Crippen LogP contribution in [0.3, 0.4) is 0 Å². The molecule has 2 aliphatic carbocycles. The zero-order chi connectivity index (χ0) is 41.9. The van der Waals surface area contributed by atoms with Crippen molar-refractivity contribution in [1.82, 2.24) is 20.1 Å². The third-order valence-corrected chi connectivity index (χ3v) is 12.9. The maximum Gasteiger partial charge on any atom is 0.267 e. The average Bonchev–Trinajstić information content (AvgIpc) is 4.12. The molecule has 59 heavy (non-hydrogen) atoms. The van der Waals surface area contributed by atoms with E-state index in [1.807, 2.05) is 60.7 Å². The number of hydrogen-bond acceptors (Lipinski definition) is 9. The molecule has 13 nitrogen and oxygen atoms in total. The number of primary amides is 1. The molecule has 0 spiro atoms. The van der Waals surface area contributed by atoms with Gasteiger partial charge in [-0.25, -0.2) is 13.8 Å². The predicted octanol–water partition coefficient (Wildman–Crippen LogP) is 5.04. The van der Waals surface area contributed by atoms with Gasteiger partial charge in [-0.15, -0.1) is 0 Å². The molecule has 1 aromatic heterocycles. The number of ether oxygens (including phenoxy) is 2. The molecule has 6 atom stereocenters. The first-order valence-corrected chi connectivity index (χ1v) is 21.4. The Kier molecular flexibility index (Phi) is 12.7. The van der Waals surface area contributed by atoms with E-state index in [-0.39, 0.29) is 37.1 Å². The van der Waals surface area contributed by atoms with Gasteiger partial charge in [-0.05, 0) is 50.7 Å². The van der Waals surface area contributed by atoms with Gasteiger partial charge in [-0.3, -0.25) is 23.4 Å². The lowest BCUT2D eigenvalue weighted by Crippen LogP contribution is -2.55. The molecule has 3 N–H and O–H groups in total. The van der Waals surface area contributed by atoms with Crippen LogP contribution in [0.5, 0.6) is 11.5 Å². The van der Waals surface area contributed by atoms with Crippen molar-refractivity contribution in [1.29, 1.82) is 0 Å². The maximum atomic E-state index is 14.6. The van der Waals surface area contributed by atoms with Crippen molar-refractivity contribution in [2.75, 3.05) is 26.7 Å². The first-order chi connectivity index (χ1) is 28.3. The lowest BCUT2D eigenvalue weighted by molar-refractivity contribution is -0.145. The summed E-state index contributed by atoms with van der Waals surface area (Å²) >= 11 is -1.76.